The van der Waals surface area contributed by atoms with Gasteiger partial charge in [-0.2, -0.15) is 17.5 Å². The number of nitrogens with zero attached hydrogens (tertiary/aromatic N) is 4. The summed E-state index contributed by atoms with van der Waals surface area (Å²) in [6, 6.07) is 9.94. The Labute approximate surface area is 222 Å². The standard InChI is InChI=1S/C24H23F3N4O6S2/c25-24(26,27)17-2-6-22(28-14-17)37-18-3-5-20-16(13-18)1-4-21(29-20)23(32)30-8-10-31(11-9-30)39(35,36)19-7-12-38(33,34)15-19/h1-6,13-14,19H,7-12,15H2. The molecule has 0 saturated carbocycles. The summed E-state index contributed by atoms with van der Waals surface area (Å²) in [6.07, 6.45) is -3.73. The third-order valence-electron chi connectivity index (χ3n) is 6.66. The lowest BCUT2D eigenvalue weighted by Gasteiger charge is -2.35. The van der Waals surface area contributed by atoms with Crippen LogP contribution in [0.4, 0.5) is 13.2 Å². The molecule has 0 bridgehead atoms. The van der Waals surface area contributed by atoms with E-state index in [-0.39, 0.29) is 61.6 Å². The van der Waals surface area contributed by atoms with Crippen LogP contribution in [0.25, 0.3) is 10.9 Å². The maximum atomic E-state index is 13.1. The summed E-state index contributed by atoms with van der Waals surface area (Å²) < 4.78 is 94.1. The number of carbonyl (C=O) groups is 1. The number of sulfonamides is 1. The largest absolute Gasteiger partial charge is 0.439 e. The predicted molar refractivity (Wildman–Crippen MR) is 135 cm³/mol. The predicted octanol–water partition coefficient (Wildman–Crippen LogP) is 2.72. The highest BCUT2D eigenvalue weighted by molar-refractivity contribution is 7.95. The van der Waals surface area contributed by atoms with Gasteiger partial charge in [0.25, 0.3) is 5.91 Å². The van der Waals surface area contributed by atoms with Crippen LogP contribution >= 0.6 is 0 Å². The molecule has 1 unspecified atom stereocenters. The Kier molecular flexibility index (Phi) is 7.01. The van der Waals surface area contributed by atoms with Crippen LogP contribution in [0.1, 0.15) is 22.5 Å². The molecule has 5 rings (SSSR count). The molecule has 15 heteroatoms. The average Bonchev–Trinajstić information content (AvgIpc) is 3.28. The number of piperazine rings is 1. The van der Waals surface area contributed by atoms with E-state index in [1.165, 1.54) is 15.3 Å². The Morgan fingerprint density at radius 3 is 2.38 bits per heavy atom. The van der Waals surface area contributed by atoms with Crippen LogP contribution in [-0.2, 0) is 26.0 Å². The Balaban J connectivity index is 1.23. The number of halogens is 3. The fraction of sp³-hybridized carbons (Fsp3) is 0.375. The van der Waals surface area contributed by atoms with Crippen molar-refractivity contribution in [1.82, 2.24) is 19.2 Å². The number of amides is 1. The number of hydrogen-bond acceptors (Lipinski definition) is 8. The van der Waals surface area contributed by atoms with Crippen molar-refractivity contribution in [2.45, 2.75) is 17.8 Å². The van der Waals surface area contributed by atoms with E-state index in [4.69, 9.17) is 4.74 Å². The Hall–Kier alpha value is -3.30. The molecule has 10 nitrogen and oxygen atoms in total. The molecule has 2 aliphatic heterocycles. The number of ether oxygens (including phenoxy) is 1. The molecule has 0 aliphatic carbocycles. The summed E-state index contributed by atoms with van der Waals surface area (Å²) in [5, 5.41) is -0.325. The highest BCUT2D eigenvalue weighted by atomic mass is 32.2. The molecule has 39 heavy (non-hydrogen) atoms. The molecule has 0 spiro atoms. The first-order chi connectivity index (χ1) is 18.3. The minimum atomic E-state index is -4.50. The zero-order valence-electron chi connectivity index (χ0n) is 20.3. The van der Waals surface area contributed by atoms with Gasteiger partial charge in [0.05, 0.1) is 27.8 Å². The van der Waals surface area contributed by atoms with Gasteiger partial charge in [0, 0.05) is 43.8 Å². The quantitative estimate of drug-likeness (QED) is 0.448. The molecule has 0 radical (unpaired) electrons. The lowest BCUT2D eigenvalue weighted by atomic mass is 10.2. The molecular weight excluding hydrogens is 561 g/mol. The summed E-state index contributed by atoms with van der Waals surface area (Å²) in [7, 11) is -7.12. The molecule has 2 saturated heterocycles. The van der Waals surface area contributed by atoms with Gasteiger partial charge in [-0.1, -0.05) is 6.07 Å². The number of alkyl halides is 3. The van der Waals surface area contributed by atoms with Crippen molar-refractivity contribution >= 4 is 36.7 Å². The second-order valence-electron chi connectivity index (χ2n) is 9.30. The molecule has 2 aromatic heterocycles. The summed E-state index contributed by atoms with van der Waals surface area (Å²) in [4.78, 5) is 22.6. The lowest BCUT2D eigenvalue weighted by molar-refractivity contribution is -0.137. The normalized spacial score (nSPS) is 20.3. The zero-order chi connectivity index (χ0) is 28.0. The smallest absolute Gasteiger partial charge is 0.417 e. The van der Waals surface area contributed by atoms with Crippen molar-refractivity contribution in [3.63, 3.8) is 0 Å². The lowest BCUT2D eigenvalue weighted by Crippen LogP contribution is -2.52. The molecule has 208 valence electrons. The monoisotopic (exact) mass is 584 g/mol. The van der Waals surface area contributed by atoms with Gasteiger partial charge in [0.2, 0.25) is 15.9 Å². The topological polar surface area (TPSA) is 127 Å². The summed E-state index contributed by atoms with van der Waals surface area (Å²) >= 11 is 0. The molecular formula is C24H23F3N4O6S2. The Morgan fingerprint density at radius 2 is 1.77 bits per heavy atom. The van der Waals surface area contributed by atoms with Crippen molar-refractivity contribution in [2.75, 3.05) is 37.7 Å². The van der Waals surface area contributed by atoms with Crippen LogP contribution in [0.5, 0.6) is 11.6 Å². The SMILES string of the molecule is O=C(c1ccc2cc(Oc3ccc(C(F)(F)F)cn3)ccc2n1)N1CCN(S(=O)(=O)C2CCS(=O)(=O)C2)CC1. The van der Waals surface area contributed by atoms with Crippen LogP contribution in [0.2, 0.25) is 0 Å². The minimum Gasteiger partial charge on any atom is -0.439 e. The maximum Gasteiger partial charge on any atom is 0.417 e. The van der Waals surface area contributed by atoms with E-state index < -0.39 is 36.9 Å². The maximum absolute atomic E-state index is 13.1. The van der Waals surface area contributed by atoms with Crippen LogP contribution < -0.4 is 4.74 Å². The van der Waals surface area contributed by atoms with Gasteiger partial charge in [-0.3, -0.25) is 4.79 Å². The molecule has 3 aromatic rings. The highest BCUT2D eigenvalue weighted by Gasteiger charge is 2.41. The number of hydrogen-bond donors (Lipinski definition) is 0. The number of benzene rings is 1. The number of rotatable bonds is 5. The number of aromatic nitrogens is 2. The molecule has 2 fully saturated rings. The van der Waals surface area contributed by atoms with E-state index in [2.05, 4.69) is 9.97 Å². The molecule has 4 heterocycles. The third-order valence-corrected chi connectivity index (χ3v) is 11.0. The van der Waals surface area contributed by atoms with Crippen molar-refractivity contribution in [3.05, 3.63) is 59.9 Å². The first kappa shape index (κ1) is 27.3. The number of sulfone groups is 1. The van der Waals surface area contributed by atoms with Gasteiger partial charge in [-0.05, 0) is 36.8 Å². The Bertz CT molecular complexity index is 1620. The second kappa shape index (κ2) is 10.0. The number of pyridine rings is 2. The Morgan fingerprint density at radius 1 is 1.03 bits per heavy atom. The fourth-order valence-corrected chi connectivity index (χ4v) is 9.04. The number of carbonyl (C=O) groups excluding carboxylic acids is 1. The first-order valence-corrected chi connectivity index (χ1v) is 15.2. The van der Waals surface area contributed by atoms with Gasteiger partial charge < -0.3 is 9.64 Å². The van der Waals surface area contributed by atoms with Crippen molar-refractivity contribution in [3.8, 4) is 11.6 Å². The molecule has 1 atom stereocenters. The van der Waals surface area contributed by atoms with E-state index in [1.807, 2.05) is 0 Å². The minimum absolute atomic E-state index is 0.0159. The van der Waals surface area contributed by atoms with E-state index in [9.17, 15) is 34.8 Å². The van der Waals surface area contributed by atoms with Crippen LogP contribution in [0, 0.1) is 0 Å². The number of fused-ring (bicyclic) bond motifs is 1. The van der Waals surface area contributed by atoms with Crippen molar-refractivity contribution in [2.24, 2.45) is 0 Å². The summed E-state index contributed by atoms with van der Waals surface area (Å²) in [6.45, 7) is 0.419. The molecule has 1 aromatic carbocycles. The van der Waals surface area contributed by atoms with Gasteiger partial charge in [-0.25, -0.2) is 26.8 Å². The average molecular weight is 585 g/mol. The van der Waals surface area contributed by atoms with Crippen LogP contribution in [0.3, 0.4) is 0 Å². The van der Waals surface area contributed by atoms with E-state index in [0.717, 1.165) is 12.1 Å². The molecule has 2 aliphatic rings. The van der Waals surface area contributed by atoms with E-state index in [0.29, 0.717) is 22.8 Å². The molecule has 1 amide bonds. The van der Waals surface area contributed by atoms with Crippen LogP contribution in [-0.4, -0.2) is 84.9 Å². The third kappa shape index (κ3) is 5.84. The summed E-state index contributed by atoms with van der Waals surface area (Å²) in [5.74, 6) is -0.571. The second-order valence-corrected chi connectivity index (χ2v) is 13.7. The summed E-state index contributed by atoms with van der Waals surface area (Å²) in [5.41, 5.74) is -0.238. The highest BCUT2D eigenvalue weighted by Crippen LogP contribution is 2.31. The van der Waals surface area contributed by atoms with Crippen molar-refractivity contribution < 1.29 is 39.5 Å². The van der Waals surface area contributed by atoms with E-state index >= 15 is 0 Å². The first-order valence-electron chi connectivity index (χ1n) is 11.9. The van der Waals surface area contributed by atoms with Gasteiger partial charge in [0.1, 0.15) is 11.4 Å². The van der Waals surface area contributed by atoms with Crippen LogP contribution in [0.15, 0.2) is 48.7 Å². The van der Waals surface area contributed by atoms with Gasteiger partial charge in [0.15, 0.2) is 9.84 Å². The van der Waals surface area contributed by atoms with Gasteiger partial charge >= 0.3 is 6.18 Å². The van der Waals surface area contributed by atoms with Gasteiger partial charge in [-0.15, -0.1) is 0 Å². The molecule has 0 N–H and O–H groups in total. The zero-order valence-corrected chi connectivity index (χ0v) is 22.0. The fourth-order valence-electron chi connectivity index (χ4n) is 4.53. The van der Waals surface area contributed by atoms with Crippen molar-refractivity contribution in [1.29, 1.82) is 0 Å². The van der Waals surface area contributed by atoms with E-state index in [1.54, 1.807) is 24.3 Å².